The Morgan fingerprint density at radius 3 is 2.63 bits per heavy atom. The number of ether oxygens (including phenoxy) is 1. The molecule has 0 aliphatic rings. The van der Waals surface area contributed by atoms with Crippen molar-refractivity contribution in [3.8, 4) is 17.1 Å². The van der Waals surface area contributed by atoms with Gasteiger partial charge in [-0.2, -0.15) is 4.98 Å². The number of aromatic nitrogens is 2. The predicted molar refractivity (Wildman–Crippen MR) is 109 cm³/mol. The molecular weight excluding hydrogens is 388 g/mol. The second kappa shape index (κ2) is 9.17. The number of hydrogen-bond acceptors (Lipinski definition) is 7. The lowest BCUT2D eigenvalue weighted by molar-refractivity contribution is -0.384. The van der Waals surface area contributed by atoms with E-state index in [0.717, 1.165) is 12.0 Å². The molecule has 0 spiro atoms. The van der Waals surface area contributed by atoms with Gasteiger partial charge in [-0.05, 0) is 36.2 Å². The summed E-state index contributed by atoms with van der Waals surface area (Å²) in [6.45, 7) is 3.94. The van der Waals surface area contributed by atoms with Gasteiger partial charge < -0.3 is 14.6 Å². The topological polar surface area (TPSA) is 120 Å². The maximum Gasteiger partial charge on any atom is 0.270 e. The van der Waals surface area contributed by atoms with E-state index in [1.165, 1.54) is 24.3 Å². The molecule has 1 amide bonds. The molecule has 0 aliphatic heterocycles. The van der Waals surface area contributed by atoms with Gasteiger partial charge in [0.2, 0.25) is 11.7 Å². The first-order valence-electron chi connectivity index (χ1n) is 9.46. The van der Waals surface area contributed by atoms with Crippen molar-refractivity contribution in [2.75, 3.05) is 7.11 Å². The van der Waals surface area contributed by atoms with Crippen molar-refractivity contribution in [1.29, 1.82) is 0 Å². The van der Waals surface area contributed by atoms with Crippen molar-refractivity contribution < 1.29 is 19.0 Å². The number of non-ortho nitro benzene ring substituents is 1. The van der Waals surface area contributed by atoms with Crippen molar-refractivity contribution in [2.45, 2.75) is 26.3 Å². The van der Waals surface area contributed by atoms with Gasteiger partial charge in [-0.1, -0.05) is 31.5 Å². The number of nitrogens with one attached hydrogen (secondary N) is 1. The molecule has 0 bridgehead atoms. The molecule has 9 heteroatoms. The Labute approximate surface area is 173 Å². The van der Waals surface area contributed by atoms with Crippen molar-refractivity contribution in [2.24, 2.45) is 5.92 Å². The average Bonchev–Trinajstić information content (AvgIpc) is 3.26. The van der Waals surface area contributed by atoms with E-state index in [4.69, 9.17) is 9.26 Å². The molecule has 3 rings (SSSR count). The number of methoxy groups -OCH3 is 1. The largest absolute Gasteiger partial charge is 0.497 e. The number of nitrogens with zero attached hydrogens (tertiary/aromatic N) is 3. The van der Waals surface area contributed by atoms with Gasteiger partial charge in [0.25, 0.3) is 11.6 Å². The molecule has 0 radical (unpaired) electrons. The fraction of sp³-hybridized carbons (Fsp3) is 0.286. The molecular formula is C21H22N4O5. The summed E-state index contributed by atoms with van der Waals surface area (Å²) in [6, 6.07) is 12.2. The smallest absolute Gasteiger partial charge is 0.270 e. The summed E-state index contributed by atoms with van der Waals surface area (Å²) in [6.07, 6.45) is 0.750. The summed E-state index contributed by atoms with van der Waals surface area (Å²) in [4.78, 5) is 27.6. The molecule has 0 saturated heterocycles. The summed E-state index contributed by atoms with van der Waals surface area (Å²) in [5, 5.41) is 17.9. The van der Waals surface area contributed by atoms with Crippen LogP contribution in [0.15, 0.2) is 53.1 Å². The Balaban J connectivity index is 1.84. The second-order valence-corrected chi connectivity index (χ2v) is 6.83. The number of hydrogen-bond donors (Lipinski definition) is 1. The minimum atomic E-state index is -0.540. The van der Waals surface area contributed by atoms with Crippen molar-refractivity contribution >= 4 is 11.6 Å². The number of carbonyl (C=O) groups excluding carboxylic acids is 1. The van der Waals surface area contributed by atoms with Crippen LogP contribution in [-0.2, 0) is 0 Å². The lowest BCUT2D eigenvalue weighted by Crippen LogP contribution is -2.32. The fourth-order valence-corrected chi connectivity index (χ4v) is 2.89. The number of nitro benzene ring substituents is 1. The predicted octanol–water partition coefficient (Wildman–Crippen LogP) is 4.17. The number of rotatable bonds is 8. The third kappa shape index (κ3) is 4.62. The zero-order chi connectivity index (χ0) is 21.7. The van der Waals surface area contributed by atoms with Gasteiger partial charge in [0.15, 0.2) is 0 Å². The van der Waals surface area contributed by atoms with E-state index in [2.05, 4.69) is 15.5 Å². The Morgan fingerprint density at radius 1 is 1.27 bits per heavy atom. The number of benzene rings is 2. The Bertz CT molecular complexity index is 1030. The number of amides is 1. The van der Waals surface area contributed by atoms with E-state index in [1.807, 2.05) is 26.0 Å². The van der Waals surface area contributed by atoms with E-state index in [1.54, 1.807) is 19.2 Å². The average molecular weight is 410 g/mol. The van der Waals surface area contributed by atoms with E-state index in [-0.39, 0.29) is 23.1 Å². The summed E-state index contributed by atoms with van der Waals surface area (Å²) in [5.74, 6) is 0.925. The highest BCUT2D eigenvalue weighted by atomic mass is 16.6. The second-order valence-electron chi connectivity index (χ2n) is 6.83. The molecule has 1 heterocycles. The molecule has 1 N–H and O–H groups in total. The third-order valence-electron chi connectivity index (χ3n) is 4.87. The van der Waals surface area contributed by atoms with E-state index in [0.29, 0.717) is 11.6 Å². The SMILES string of the molecule is CC[C@H](C)[C@H](NC(=O)c1cccc([N+](=O)[O-])c1)c1nc(-c2ccc(OC)cc2)no1. The number of nitro groups is 1. The first-order chi connectivity index (χ1) is 14.4. The lowest BCUT2D eigenvalue weighted by atomic mass is 9.98. The first-order valence-corrected chi connectivity index (χ1v) is 9.46. The quantitative estimate of drug-likeness (QED) is 0.437. The van der Waals surface area contributed by atoms with Crippen molar-refractivity contribution in [1.82, 2.24) is 15.5 Å². The van der Waals surface area contributed by atoms with Gasteiger partial charge >= 0.3 is 0 Å². The van der Waals surface area contributed by atoms with Gasteiger partial charge in [-0.25, -0.2) is 0 Å². The molecule has 0 saturated carbocycles. The highest BCUT2D eigenvalue weighted by Crippen LogP contribution is 2.27. The molecule has 9 nitrogen and oxygen atoms in total. The standard InChI is InChI=1S/C21H22N4O5/c1-4-13(2)18(22-20(26)15-6-5-7-16(12-15)25(27)28)21-23-19(24-30-21)14-8-10-17(29-3)11-9-14/h5-13,18H,4H2,1-3H3,(H,22,26)/t13-,18-/m0/s1. The first kappa shape index (κ1) is 21.0. The van der Waals surface area contributed by atoms with E-state index in [9.17, 15) is 14.9 Å². The van der Waals surface area contributed by atoms with Crippen LogP contribution in [0.1, 0.15) is 42.6 Å². The van der Waals surface area contributed by atoms with Gasteiger partial charge in [0, 0.05) is 23.3 Å². The van der Waals surface area contributed by atoms with E-state index >= 15 is 0 Å². The van der Waals surface area contributed by atoms with Crippen LogP contribution in [-0.4, -0.2) is 28.1 Å². The lowest BCUT2D eigenvalue weighted by Gasteiger charge is -2.20. The maximum atomic E-state index is 12.7. The van der Waals surface area contributed by atoms with Crippen LogP contribution in [0.2, 0.25) is 0 Å². The third-order valence-corrected chi connectivity index (χ3v) is 4.87. The van der Waals surface area contributed by atoms with Crippen molar-refractivity contribution in [3.05, 3.63) is 70.1 Å². The fourth-order valence-electron chi connectivity index (χ4n) is 2.89. The van der Waals surface area contributed by atoms with Gasteiger partial charge in [0.05, 0.1) is 12.0 Å². The van der Waals surface area contributed by atoms with Crippen LogP contribution in [0.4, 0.5) is 5.69 Å². The maximum absolute atomic E-state index is 12.7. The molecule has 3 aromatic rings. The zero-order valence-electron chi connectivity index (χ0n) is 16.9. The van der Waals surface area contributed by atoms with Crippen LogP contribution < -0.4 is 10.1 Å². The summed E-state index contributed by atoms with van der Waals surface area (Å²) in [5.41, 5.74) is 0.786. The number of carbonyl (C=O) groups is 1. The van der Waals surface area contributed by atoms with Gasteiger partial charge in [-0.15, -0.1) is 0 Å². The zero-order valence-corrected chi connectivity index (χ0v) is 16.9. The summed E-state index contributed by atoms with van der Waals surface area (Å²) in [7, 11) is 1.59. The Kier molecular flexibility index (Phi) is 6.41. The molecule has 0 aliphatic carbocycles. The molecule has 2 aromatic carbocycles. The monoisotopic (exact) mass is 410 g/mol. The highest BCUT2D eigenvalue weighted by molar-refractivity contribution is 5.95. The van der Waals surface area contributed by atoms with Crippen LogP contribution in [0, 0.1) is 16.0 Å². The van der Waals surface area contributed by atoms with Crippen molar-refractivity contribution in [3.63, 3.8) is 0 Å². The Morgan fingerprint density at radius 2 is 2.00 bits per heavy atom. The molecule has 0 unspecified atom stereocenters. The van der Waals surface area contributed by atoms with Gasteiger partial charge in [0.1, 0.15) is 11.8 Å². The Hall–Kier alpha value is -3.75. The van der Waals surface area contributed by atoms with Crippen LogP contribution in [0.3, 0.4) is 0 Å². The van der Waals surface area contributed by atoms with Crippen LogP contribution >= 0.6 is 0 Å². The summed E-state index contributed by atoms with van der Waals surface area (Å²) < 4.78 is 10.6. The van der Waals surface area contributed by atoms with E-state index < -0.39 is 16.9 Å². The van der Waals surface area contributed by atoms with Gasteiger partial charge in [-0.3, -0.25) is 14.9 Å². The molecule has 1 aromatic heterocycles. The molecule has 30 heavy (non-hydrogen) atoms. The molecule has 156 valence electrons. The minimum Gasteiger partial charge on any atom is -0.497 e. The summed E-state index contributed by atoms with van der Waals surface area (Å²) >= 11 is 0. The highest BCUT2D eigenvalue weighted by Gasteiger charge is 2.27. The minimum absolute atomic E-state index is 0.00295. The van der Waals surface area contributed by atoms with Crippen LogP contribution in [0.5, 0.6) is 5.75 Å². The normalized spacial score (nSPS) is 12.8. The molecule has 0 fully saturated rings. The molecule has 2 atom stereocenters. The van der Waals surface area contributed by atoms with Crippen LogP contribution in [0.25, 0.3) is 11.4 Å².